The summed E-state index contributed by atoms with van der Waals surface area (Å²) in [6.07, 6.45) is 0.572. The van der Waals surface area contributed by atoms with E-state index in [0.29, 0.717) is 40.0 Å². The van der Waals surface area contributed by atoms with Gasteiger partial charge in [-0.15, -0.1) is 0 Å². The highest BCUT2D eigenvalue weighted by atomic mass is 19.4. The van der Waals surface area contributed by atoms with Crippen molar-refractivity contribution in [2.45, 2.75) is 57.8 Å². The minimum absolute atomic E-state index is 0.0358. The molecule has 2 aliphatic rings. The number of rotatable bonds is 5. The number of pyridine rings is 1. The summed E-state index contributed by atoms with van der Waals surface area (Å²) in [5, 5.41) is 3.89. The molecule has 0 spiro atoms. The standard InChI is InChI=1S/C27H34F3N7O/c1-16(18-12-19(27(28,29)30)14-20(31)13-18)32-24-22-15-23(26(38)35(3)25(22)34-17(2)33-24)37-10-8-36(9-11-37)21-6-4-5-7-21/h12-16,21H,4-11,31H2,1-3H3,(H,32,33,34)/t16-/m1/s1. The van der Waals surface area contributed by atoms with Crippen LogP contribution in [-0.4, -0.2) is 51.7 Å². The zero-order chi connectivity index (χ0) is 27.2. The Bertz CT molecular complexity index is 1390. The first-order chi connectivity index (χ1) is 18.0. The number of nitrogen functional groups attached to an aromatic ring is 1. The summed E-state index contributed by atoms with van der Waals surface area (Å²) in [4.78, 5) is 27.1. The van der Waals surface area contributed by atoms with Gasteiger partial charge in [0, 0.05) is 45.0 Å². The second-order valence-corrected chi connectivity index (χ2v) is 10.5. The van der Waals surface area contributed by atoms with E-state index < -0.39 is 17.8 Å². The smallest absolute Gasteiger partial charge is 0.399 e. The van der Waals surface area contributed by atoms with Gasteiger partial charge in [0.15, 0.2) is 0 Å². The SMILES string of the molecule is Cc1nc(N[C@H](C)c2cc(N)cc(C(F)(F)F)c2)c2cc(N3CCN(C4CCCC4)CC3)c(=O)n(C)c2n1. The van der Waals surface area contributed by atoms with E-state index >= 15 is 0 Å². The molecule has 0 bridgehead atoms. The van der Waals surface area contributed by atoms with Gasteiger partial charge in [0.05, 0.1) is 17.0 Å². The van der Waals surface area contributed by atoms with Crippen LogP contribution >= 0.6 is 0 Å². The predicted molar refractivity (Wildman–Crippen MR) is 143 cm³/mol. The molecular weight excluding hydrogens is 495 g/mol. The van der Waals surface area contributed by atoms with Gasteiger partial charge in [-0.2, -0.15) is 13.2 Å². The lowest BCUT2D eigenvalue weighted by molar-refractivity contribution is -0.137. The van der Waals surface area contributed by atoms with E-state index in [1.54, 1.807) is 20.9 Å². The minimum atomic E-state index is -4.50. The highest BCUT2D eigenvalue weighted by molar-refractivity contribution is 5.89. The highest BCUT2D eigenvalue weighted by Gasteiger charge is 2.32. The second kappa shape index (κ2) is 10.1. The van der Waals surface area contributed by atoms with Crippen LogP contribution in [0.3, 0.4) is 0 Å². The summed E-state index contributed by atoms with van der Waals surface area (Å²) >= 11 is 0. The van der Waals surface area contributed by atoms with Gasteiger partial charge in [-0.1, -0.05) is 12.8 Å². The first kappa shape index (κ1) is 26.3. The van der Waals surface area contributed by atoms with Gasteiger partial charge in [0.2, 0.25) is 0 Å². The fourth-order valence-corrected chi connectivity index (χ4v) is 5.73. The lowest BCUT2D eigenvalue weighted by Gasteiger charge is -2.39. The van der Waals surface area contributed by atoms with Crippen LogP contribution in [0, 0.1) is 6.92 Å². The van der Waals surface area contributed by atoms with Gasteiger partial charge < -0.3 is 16.0 Å². The number of anilines is 3. The maximum Gasteiger partial charge on any atom is 0.416 e. The average molecular weight is 530 g/mol. The molecule has 2 fully saturated rings. The summed E-state index contributed by atoms with van der Waals surface area (Å²) in [5.74, 6) is 0.904. The van der Waals surface area contributed by atoms with Crippen LogP contribution in [0.15, 0.2) is 29.1 Å². The van der Waals surface area contributed by atoms with E-state index in [4.69, 9.17) is 5.73 Å². The Kier molecular flexibility index (Phi) is 6.97. The van der Waals surface area contributed by atoms with E-state index in [0.717, 1.165) is 38.3 Å². The van der Waals surface area contributed by atoms with Crippen LogP contribution in [-0.2, 0) is 13.2 Å². The van der Waals surface area contributed by atoms with Gasteiger partial charge in [-0.05, 0) is 56.5 Å². The molecule has 11 heteroatoms. The molecule has 0 radical (unpaired) electrons. The van der Waals surface area contributed by atoms with E-state index in [2.05, 4.69) is 25.1 Å². The van der Waals surface area contributed by atoms with Crippen LogP contribution in [0.2, 0.25) is 0 Å². The molecule has 5 rings (SSSR count). The molecule has 1 aliphatic carbocycles. The fraction of sp³-hybridized carbons (Fsp3) is 0.519. The van der Waals surface area contributed by atoms with Crippen molar-refractivity contribution >= 4 is 28.2 Å². The lowest BCUT2D eigenvalue weighted by atomic mass is 10.0. The first-order valence-electron chi connectivity index (χ1n) is 13.1. The molecule has 1 saturated carbocycles. The van der Waals surface area contributed by atoms with Crippen molar-refractivity contribution in [1.29, 1.82) is 0 Å². The minimum Gasteiger partial charge on any atom is -0.399 e. The Hall–Kier alpha value is -3.34. The van der Waals surface area contributed by atoms with Crippen molar-refractivity contribution in [3.05, 3.63) is 51.6 Å². The quantitative estimate of drug-likeness (QED) is 0.471. The summed E-state index contributed by atoms with van der Waals surface area (Å²) in [6.45, 7) is 6.81. The Morgan fingerprint density at radius 1 is 1.05 bits per heavy atom. The summed E-state index contributed by atoms with van der Waals surface area (Å²) < 4.78 is 41.7. The van der Waals surface area contributed by atoms with Gasteiger partial charge in [0.1, 0.15) is 23.0 Å². The number of benzene rings is 1. The number of aryl methyl sites for hydroxylation is 2. The molecule has 1 aliphatic heterocycles. The number of fused-ring (bicyclic) bond motifs is 1. The molecule has 0 unspecified atom stereocenters. The van der Waals surface area contributed by atoms with Crippen molar-refractivity contribution < 1.29 is 13.2 Å². The zero-order valence-electron chi connectivity index (χ0n) is 22.0. The molecule has 1 saturated heterocycles. The maximum atomic E-state index is 13.4. The number of piperazine rings is 1. The van der Waals surface area contributed by atoms with Crippen LogP contribution in [0.25, 0.3) is 11.0 Å². The molecule has 3 aromatic rings. The van der Waals surface area contributed by atoms with Gasteiger partial charge in [-0.3, -0.25) is 14.3 Å². The third-order valence-corrected chi connectivity index (χ3v) is 7.81. The van der Waals surface area contributed by atoms with Gasteiger partial charge >= 0.3 is 6.18 Å². The Balaban J connectivity index is 1.47. The third kappa shape index (κ3) is 5.16. The molecule has 1 atom stereocenters. The average Bonchev–Trinajstić information content (AvgIpc) is 3.41. The maximum absolute atomic E-state index is 13.4. The topological polar surface area (TPSA) is 92.3 Å². The highest BCUT2D eigenvalue weighted by Crippen LogP contribution is 2.34. The predicted octanol–water partition coefficient (Wildman–Crippen LogP) is 4.48. The van der Waals surface area contributed by atoms with Crippen molar-refractivity contribution in [3.8, 4) is 0 Å². The van der Waals surface area contributed by atoms with Gasteiger partial charge in [0.25, 0.3) is 5.56 Å². The van der Waals surface area contributed by atoms with Crippen molar-refractivity contribution in [2.24, 2.45) is 7.05 Å². The number of aromatic nitrogens is 3. The summed E-state index contributed by atoms with van der Waals surface area (Å²) in [5.41, 5.74) is 6.33. The number of nitrogens with two attached hydrogens (primary N) is 1. The van der Waals surface area contributed by atoms with E-state index in [1.165, 1.54) is 36.3 Å². The molecule has 38 heavy (non-hydrogen) atoms. The molecule has 204 valence electrons. The second-order valence-electron chi connectivity index (χ2n) is 10.5. The number of nitrogens with one attached hydrogen (secondary N) is 1. The molecule has 1 aromatic carbocycles. The largest absolute Gasteiger partial charge is 0.416 e. The first-order valence-corrected chi connectivity index (χ1v) is 13.1. The number of halogens is 3. The molecule has 3 N–H and O–H groups in total. The normalized spacial score (nSPS) is 18.3. The molecule has 3 heterocycles. The fourth-order valence-electron chi connectivity index (χ4n) is 5.73. The summed E-state index contributed by atoms with van der Waals surface area (Å²) in [6, 6.07) is 5.47. The van der Waals surface area contributed by atoms with Crippen LogP contribution in [0.1, 0.15) is 55.6 Å². The molecular formula is C27H34F3N7O. The monoisotopic (exact) mass is 529 g/mol. The van der Waals surface area contributed by atoms with Crippen molar-refractivity contribution in [2.75, 3.05) is 42.1 Å². The number of alkyl halides is 3. The Morgan fingerprint density at radius 2 is 1.74 bits per heavy atom. The van der Waals surface area contributed by atoms with Crippen LogP contribution in [0.5, 0.6) is 0 Å². The number of nitrogens with zero attached hydrogens (tertiary/aromatic N) is 5. The van der Waals surface area contributed by atoms with Gasteiger partial charge in [-0.25, -0.2) is 9.97 Å². The number of hydrogen-bond acceptors (Lipinski definition) is 7. The Morgan fingerprint density at radius 3 is 2.39 bits per heavy atom. The third-order valence-electron chi connectivity index (χ3n) is 7.81. The van der Waals surface area contributed by atoms with Crippen molar-refractivity contribution in [3.63, 3.8) is 0 Å². The van der Waals surface area contributed by atoms with E-state index in [9.17, 15) is 18.0 Å². The Labute approximate surface area is 219 Å². The zero-order valence-corrected chi connectivity index (χ0v) is 22.0. The molecule has 2 aromatic heterocycles. The molecule has 0 amide bonds. The number of hydrogen-bond donors (Lipinski definition) is 2. The van der Waals surface area contributed by atoms with E-state index in [-0.39, 0.29) is 11.2 Å². The van der Waals surface area contributed by atoms with E-state index in [1.807, 2.05) is 6.07 Å². The summed E-state index contributed by atoms with van der Waals surface area (Å²) in [7, 11) is 1.69. The van der Waals surface area contributed by atoms with Crippen LogP contribution in [0.4, 0.5) is 30.4 Å². The van der Waals surface area contributed by atoms with Crippen molar-refractivity contribution in [1.82, 2.24) is 19.4 Å². The molecule has 8 nitrogen and oxygen atoms in total. The van der Waals surface area contributed by atoms with Crippen LogP contribution < -0.4 is 21.5 Å². The lowest BCUT2D eigenvalue weighted by Crippen LogP contribution is -2.51.